The summed E-state index contributed by atoms with van der Waals surface area (Å²) in [5.41, 5.74) is 1.41. The molecule has 0 spiro atoms. The molecule has 0 aromatic carbocycles. The number of anilines is 1. The fourth-order valence-corrected chi connectivity index (χ4v) is 1.23. The maximum absolute atomic E-state index is 8.59. The fraction of sp³-hybridized carbons (Fsp3) is 0.364. The van der Waals surface area contributed by atoms with Gasteiger partial charge >= 0.3 is 0 Å². The minimum atomic E-state index is 0.338. The molecule has 4 nitrogen and oxygen atoms in total. The van der Waals surface area contributed by atoms with E-state index in [1.165, 1.54) is 0 Å². The lowest BCUT2D eigenvalue weighted by Gasteiger charge is -2.20. The highest BCUT2D eigenvalue weighted by Gasteiger charge is 2.06. The lowest BCUT2D eigenvalue weighted by atomic mass is 10.3. The molecule has 0 radical (unpaired) electrons. The van der Waals surface area contributed by atoms with Crippen molar-refractivity contribution in [2.45, 2.75) is 13.8 Å². The molecule has 0 aliphatic carbocycles. The molecule has 0 N–H and O–H groups in total. The highest BCUT2D eigenvalue weighted by molar-refractivity contribution is 5.40. The molecular formula is C11H14N4. The van der Waals surface area contributed by atoms with Crippen molar-refractivity contribution in [3.8, 4) is 6.07 Å². The largest absolute Gasteiger partial charge is 0.351 e. The van der Waals surface area contributed by atoms with Crippen LogP contribution in [0.5, 0.6) is 0 Å². The molecule has 1 heterocycles. The molecule has 0 amide bonds. The van der Waals surface area contributed by atoms with E-state index in [-0.39, 0.29) is 0 Å². The maximum atomic E-state index is 8.59. The van der Waals surface area contributed by atoms with Crippen LogP contribution in [0, 0.1) is 11.3 Å². The quantitative estimate of drug-likeness (QED) is 0.698. The molecule has 0 saturated heterocycles. The predicted octanol–water partition coefficient (Wildman–Crippen LogP) is 1.75. The zero-order valence-electron chi connectivity index (χ0n) is 9.06. The van der Waals surface area contributed by atoms with Gasteiger partial charge in [0.15, 0.2) is 11.5 Å². The van der Waals surface area contributed by atoms with Gasteiger partial charge in [-0.25, -0.2) is 0 Å². The van der Waals surface area contributed by atoms with Crippen LogP contribution in [0.25, 0.3) is 0 Å². The molecule has 0 unspecified atom stereocenters. The van der Waals surface area contributed by atoms with Crippen molar-refractivity contribution < 1.29 is 0 Å². The summed E-state index contributed by atoms with van der Waals surface area (Å²) in [6, 6.07) is 5.42. The summed E-state index contributed by atoms with van der Waals surface area (Å²) < 4.78 is 0. The summed E-state index contributed by atoms with van der Waals surface area (Å²) in [7, 11) is 0. The zero-order valence-corrected chi connectivity index (χ0v) is 9.06. The van der Waals surface area contributed by atoms with Gasteiger partial charge in [0.05, 0.1) is 0 Å². The van der Waals surface area contributed by atoms with Crippen LogP contribution in [0.3, 0.4) is 0 Å². The molecule has 1 aromatic rings. The van der Waals surface area contributed by atoms with E-state index >= 15 is 0 Å². The number of nitriles is 1. The van der Waals surface area contributed by atoms with E-state index in [4.69, 9.17) is 5.26 Å². The Labute approximate surface area is 89.9 Å². The Kier molecular flexibility index (Phi) is 3.81. The normalized spacial score (nSPS) is 9.40. The van der Waals surface area contributed by atoms with E-state index in [0.717, 1.165) is 24.5 Å². The second-order valence-electron chi connectivity index (χ2n) is 3.36. The summed E-state index contributed by atoms with van der Waals surface area (Å²) in [5, 5.41) is 16.4. The Balaban J connectivity index is 2.84. The number of hydrogen-bond acceptors (Lipinski definition) is 4. The predicted molar refractivity (Wildman–Crippen MR) is 59.4 cm³/mol. The SMILES string of the molecule is C=C(C)CN(CC)c1ccc(C#N)nn1. The summed E-state index contributed by atoms with van der Waals surface area (Å²) >= 11 is 0. The van der Waals surface area contributed by atoms with Gasteiger partial charge in [-0.15, -0.1) is 10.2 Å². The molecule has 1 rings (SSSR count). The molecule has 1 aromatic heterocycles. The van der Waals surface area contributed by atoms with Crippen LogP contribution < -0.4 is 4.90 Å². The Morgan fingerprint density at radius 3 is 2.67 bits per heavy atom. The minimum Gasteiger partial charge on any atom is -0.351 e. The second-order valence-corrected chi connectivity index (χ2v) is 3.36. The van der Waals surface area contributed by atoms with Crippen LogP contribution in [-0.4, -0.2) is 23.3 Å². The summed E-state index contributed by atoms with van der Waals surface area (Å²) in [4.78, 5) is 2.05. The van der Waals surface area contributed by atoms with E-state index in [1.807, 2.05) is 19.9 Å². The highest BCUT2D eigenvalue weighted by Crippen LogP contribution is 2.10. The average molecular weight is 202 g/mol. The first-order chi connectivity index (χ1) is 7.17. The van der Waals surface area contributed by atoms with E-state index in [1.54, 1.807) is 12.1 Å². The van der Waals surface area contributed by atoms with Crippen molar-refractivity contribution in [1.29, 1.82) is 5.26 Å². The van der Waals surface area contributed by atoms with Crippen molar-refractivity contribution in [3.63, 3.8) is 0 Å². The standard InChI is InChI=1S/C11H14N4/c1-4-15(8-9(2)3)11-6-5-10(7-12)13-14-11/h5-6H,2,4,8H2,1,3H3. The topological polar surface area (TPSA) is 52.8 Å². The molecular weight excluding hydrogens is 188 g/mol. The Morgan fingerprint density at radius 1 is 1.53 bits per heavy atom. The van der Waals surface area contributed by atoms with Gasteiger partial charge in [-0.1, -0.05) is 12.2 Å². The number of rotatable bonds is 4. The van der Waals surface area contributed by atoms with Crippen LogP contribution in [0.2, 0.25) is 0 Å². The molecule has 0 aliphatic heterocycles. The highest BCUT2D eigenvalue weighted by atomic mass is 15.3. The number of likely N-dealkylation sites (N-methyl/N-ethyl adjacent to an activating group) is 1. The molecule has 78 valence electrons. The lowest BCUT2D eigenvalue weighted by molar-refractivity contribution is 0.833. The molecule has 0 atom stereocenters. The molecule has 4 heteroatoms. The maximum Gasteiger partial charge on any atom is 0.163 e. The second kappa shape index (κ2) is 5.11. The van der Waals surface area contributed by atoms with Gasteiger partial charge in [-0.3, -0.25) is 0 Å². The van der Waals surface area contributed by atoms with Crippen LogP contribution in [0.1, 0.15) is 19.5 Å². The fourth-order valence-electron chi connectivity index (χ4n) is 1.23. The Bertz CT molecular complexity index is 375. The van der Waals surface area contributed by atoms with Crippen molar-refractivity contribution in [1.82, 2.24) is 10.2 Å². The van der Waals surface area contributed by atoms with Crippen LogP contribution in [0.15, 0.2) is 24.3 Å². The van der Waals surface area contributed by atoms with Gasteiger partial charge in [0.2, 0.25) is 0 Å². The van der Waals surface area contributed by atoms with E-state index in [2.05, 4.69) is 21.7 Å². The molecule has 0 bridgehead atoms. The third-order valence-electron chi connectivity index (χ3n) is 1.93. The Morgan fingerprint density at radius 2 is 2.27 bits per heavy atom. The summed E-state index contributed by atoms with van der Waals surface area (Å²) in [6.07, 6.45) is 0. The van der Waals surface area contributed by atoms with Gasteiger partial charge in [-0.05, 0) is 26.0 Å². The molecule has 0 fully saturated rings. The van der Waals surface area contributed by atoms with Gasteiger partial charge in [0.1, 0.15) is 6.07 Å². The van der Waals surface area contributed by atoms with Gasteiger partial charge in [0.25, 0.3) is 0 Å². The van der Waals surface area contributed by atoms with Crippen molar-refractivity contribution in [2.75, 3.05) is 18.0 Å². The number of aromatic nitrogens is 2. The minimum absolute atomic E-state index is 0.338. The van der Waals surface area contributed by atoms with E-state index < -0.39 is 0 Å². The third-order valence-corrected chi connectivity index (χ3v) is 1.93. The van der Waals surface area contributed by atoms with Crippen LogP contribution in [0.4, 0.5) is 5.82 Å². The third kappa shape index (κ3) is 3.06. The molecule has 15 heavy (non-hydrogen) atoms. The molecule has 0 saturated carbocycles. The van der Waals surface area contributed by atoms with Crippen LogP contribution in [-0.2, 0) is 0 Å². The van der Waals surface area contributed by atoms with Gasteiger partial charge in [0, 0.05) is 13.1 Å². The van der Waals surface area contributed by atoms with Gasteiger partial charge < -0.3 is 4.90 Å². The number of nitrogens with zero attached hydrogens (tertiary/aromatic N) is 4. The van der Waals surface area contributed by atoms with E-state index in [9.17, 15) is 0 Å². The lowest BCUT2D eigenvalue weighted by Crippen LogP contribution is -2.25. The van der Waals surface area contributed by atoms with Gasteiger partial charge in [-0.2, -0.15) is 5.26 Å². The van der Waals surface area contributed by atoms with Crippen molar-refractivity contribution in [3.05, 3.63) is 30.0 Å². The average Bonchev–Trinajstić information content (AvgIpc) is 2.26. The summed E-state index contributed by atoms with van der Waals surface area (Å²) in [5.74, 6) is 0.777. The molecule has 0 aliphatic rings. The first-order valence-electron chi connectivity index (χ1n) is 4.80. The zero-order chi connectivity index (χ0) is 11.3. The first-order valence-corrected chi connectivity index (χ1v) is 4.80. The van der Waals surface area contributed by atoms with Crippen molar-refractivity contribution >= 4 is 5.82 Å². The Hall–Kier alpha value is -1.89. The first kappa shape index (κ1) is 11.2. The monoisotopic (exact) mass is 202 g/mol. The van der Waals surface area contributed by atoms with E-state index in [0.29, 0.717) is 5.69 Å². The smallest absolute Gasteiger partial charge is 0.163 e. The summed E-state index contributed by atoms with van der Waals surface area (Å²) in [6.45, 7) is 9.48. The number of hydrogen-bond donors (Lipinski definition) is 0. The van der Waals surface area contributed by atoms with Crippen molar-refractivity contribution in [2.24, 2.45) is 0 Å². The van der Waals surface area contributed by atoms with Crippen LogP contribution >= 0.6 is 0 Å².